The van der Waals surface area contributed by atoms with Gasteiger partial charge < -0.3 is 25.8 Å². The van der Waals surface area contributed by atoms with Crippen molar-refractivity contribution in [1.82, 2.24) is 9.55 Å². The third-order valence-corrected chi connectivity index (χ3v) is 3.71. The fourth-order valence-corrected chi connectivity index (χ4v) is 2.51. The van der Waals surface area contributed by atoms with Crippen molar-refractivity contribution in [2.24, 2.45) is 5.73 Å². The maximum Gasteiger partial charge on any atom is 0.330 e. The van der Waals surface area contributed by atoms with Crippen LogP contribution < -0.4 is 17.0 Å². The van der Waals surface area contributed by atoms with Gasteiger partial charge in [0, 0.05) is 12.3 Å². The van der Waals surface area contributed by atoms with Crippen LogP contribution in [-0.4, -0.2) is 55.8 Å². The summed E-state index contributed by atoms with van der Waals surface area (Å²) >= 11 is 0. The molecular weight excluding hydrogens is 282 g/mol. The zero-order valence-corrected chi connectivity index (χ0v) is 11.3. The minimum atomic E-state index is -1.42. The fourth-order valence-electron chi connectivity index (χ4n) is 2.51. The van der Waals surface area contributed by atoms with Crippen molar-refractivity contribution >= 4 is 0 Å². The first-order chi connectivity index (χ1) is 9.95. The summed E-state index contributed by atoms with van der Waals surface area (Å²) in [5.74, 6) is 0. The Morgan fingerprint density at radius 3 is 2.71 bits per heavy atom. The van der Waals surface area contributed by atoms with E-state index >= 15 is 0 Å². The molecule has 1 aromatic heterocycles. The number of nitrogens with one attached hydrogen (secondary N) is 1. The first kappa shape index (κ1) is 15.9. The molecule has 1 aliphatic heterocycles. The molecule has 1 fully saturated rings. The number of nitrogens with two attached hydrogens (primary N) is 1. The van der Waals surface area contributed by atoms with E-state index in [-0.39, 0.29) is 6.42 Å². The van der Waals surface area contributed by atoms with Gasteiger partial charge in [-0.25, -0.2) is 4.79 Å². The second-order valence-corrected chi connectivity index (χ2v) is 5.08. The maximum atomic E-state index is 11.7. The van der Waals surface area contributed by atoms with Crippen LogP contribution in [0.2, 0.25) is 0 Å². The van der Waals surface area contributed by atoms with E-state index in [2.05, 4.69) is 0 Å². The van der Waals surface area contributed by atoms with Crippen LogP contribution in [0.4, 0.5) is 0 Å². The van der Waals surface area contributed by atoms with Gasteiger partial charge in [-0.05, 0) is 19.4 Å². The Balaban J connectivity index is 2.34. The highest BCUT2D eigenvalue weighted by Crippen LogP contribution is 2.39. The molecule has 4 atom stereocenters. The minimum Gasteiger partial charge on any atom is -0.393 e. The van der Waals surface area contributed by atoms with Crippen LogP contribution in [0.3, 0.4) is 0 Å². The third kappa shape index (κ3) is 2.78. The third-order valence-electron chi connectivity index (χ3n) is 3.71. The van der Waals surface area contributed by atoms with Crippen LogP contribution in [0.1, 0.15) is 19.1 Å². The van der Waals surface area contributed by atoms with Crippen molar-refractivity contribution in [2.45, 2.75) is 36.9 Å². The van der Waals surface area contributed by atoms with Crippen LogP contribution in [0.5, 0.6) is 0 Å². The molecule has 1 saturated heterocycles. The van der Waals surface area contributed by atoms with Gasteiger partial charge in [-0.15, -0.1) is 0 Å². The number of ether oxygens (including phenoxy) is 1. The topological polar surface area (TPSA) is 151 Å². The molecule has 0 amide bonds. The molecule has 1 aromatic rings. The summed E-state index contributed by atoms with van der Waals surface area (Å²) in [5, 5.41) is 29.8. The van der Waals surface area contributed by atoms with Gasteiger partial charge in [0.25, 0.3) is 5.56 Å². The minimum absolute atomic E-state index is 0.229. The standard InChI is InChI=1S/C12H19N3O6/c13-4-1-3-12(6-16)9(19)8(18)10(21-12)15-5-2-7(17)14-11(15)20/h2,5,8-10,16,18-19H,1,3-4,6,13H2,(H,14,17,20)/t8?,9?,10?,12-/m1/s1. The highest BCUT2D eigenvalue weighted by molar-refractivity contribution is 5.02. The molecule has 9 heteroatoms. The Hall–Kier alpha value is -1.52. The predicted molar refractivity (Wildman–Crippen MR) is 71.6 cm³/mol. The highest BCUT2D eigenvalue weighted by atomic mass is 16.6. The first-order valence-electron chi connectivity index (χ1n) is 6.61. The number of rotatable bonds is 5. The Morgan fingerprint density at radius 2 is 2.14 bits per heavy atom. The normalized spacial score (nSPS) is 32.5. The molecule has 9 nitrogen and oxygen atoms in total. The van der Waals surface area contributed by atoms with Gasteiger partial charge >= 0.3 is 5.69 Å². The summed E-state index contributed by atoms with van der Waals surface area (Å²) in [6.45, 7) is -0.197. The zero-order valence-electron chi connectivity index (χ0n) is 11.3. The number of aliphatic hydroxyl groups excluding tert-OH is 3. The van der Waals surface area contributed by atoms with Crippen molar-refractivity contribution in [1.29, 1.82) is 0 Å². The molecule has 0 aliphatic carbocycles. The average molecular weight is 301 g/mol. The van der Waals surface area contributed by atoms with Crippen molar-refractivity contribution in [3.05, 3.63) is 33.1 Å². The molecule has 6 N–H and O–H groups in total. The van der Waals surface area contributed by atoms with Crippen molar-refractivity contribution in [2.75, 3.05) is 13.2 Å². The SMILES string of the molecule is NCCC[C@]1(CO)OC(n2ccc(=O)[nH]c2=O)C(O)C1O. The first-order valence-corrected chi connectivity index (χ1v) is 6.61. The number of aromatic nitrogens is 2. The molecule has 3 unspecified atom stereocenters. The summed E-state index contributed by atoms with van der Waals surface area (Å²) < 4.78 is 6.53. The molecule has 0 radical (unpaired) electrons. The van der Waals surface area contributed by atoms with Gasteiger partial charge in [-0.3, -0.25) is 14.3 Å². The summed E-state index contributed by atoms with van der Waals surface area (Å²) in [6.07, 6.45) is -2.13. The van der Waals surface area contributed by atoms with Crippen molar-refractivity contribution in [3.63, 3.8) is 0 Å². The summed E-state index contributed by atoms with van der Waals surface area (Å²) in [4.78, 5) is 24.8. The Morgan fingerprint density at radius 1 is 1.43 bits per heavy atom. The van der Waals surface area contributed by atoms with E-state index in [4.69, 9.17) is 10.5 Å². The Kier molecular flexibility index (Phi) is 4.59. The van der Waals surface area contributed by atoms with Crippen LogP contribution in [-0.2, 0) is 4.74 Å². The lowest BCUT2D eigenvalue weighted by molar-refractivity contribution is -0.133. The monoisotopic (exact) mass is 301 g/mol. The Bertz CT molecular complexity index is 599. The molecule has 21 heavy (non-hydrogen) atoms. The molecule has 1 aliphatic rings. The highest BCUT2D eigenvalue weighted by Gasteiger charge is 2.54. The van der Waals surface area contributed by atoms with E-state index in [1.54, 1.807) is 0 Å². The lowest BCUT2D eigenvalue weighted by Gasteiger charge is -2.29. The number of hydrogen-bond acceptors (Lipinski definition) is 7. The average Bonchev–Trinajstić information content (AvgIpc) is 2.71. The summed E-state index contributed by atoms with van der Waals surface area (Å²) in [7, 11) is 0. The number of hydrogen-bond donors (Lipinski definition) is 5. The van der Waals surface area contributed by atoms with E-state index in [9.17, 15) is 24.9 Å². The lowest BCUT2D eigenvalue weighted by Crippen LogP contribution is -2.46. The van der Waals surface area contributed by atoms with E-state index in [0.717, 1.165) is 16.8 Å². The largest absolute Gasteiger partial charge is 0.393 e. The van der Waals surface area contributed by atoms with Crippen molar-refractivity contribution in [3.8, 4) is 0 Å². The molecular formula is C12H19N3O6. The van der Waals surface area contributed by atoms with Gasteiger partial charge in [0.1, 0.15) is 17.8 Å². The quantitative estimate of drug-likeness (QED) is 0.395. The Labute approximate surface area is 119 Å². The van der Waals surface area contributed by atoms with Gasteiger partial charge in [0.05, 0.1) is 6.61 Å². The van der Waals surface area contributed by atoms with E-state index in [1.165, 1.54) is 0 Å². The second-order valence-electron chi connectivity index (χ2n) is 5.08. The number of nitrogens with zero attached hydrogens (tertiary/aromatic N) is 1. The predicted octanol–water partition coefficient (Wildman–Crippen LogP) is -2.74. The van der Waals surface area contributed by atoms with Gasteiger partial charge in [-0.1, -0.05) is 0 Å². The smallest absolute Gasteiger partial charge is 0.330 e. The number of aliphatic hydroxyl groups is 3. The van der Waals surface area contributed by atoms with Crippen LogP contribution >= 0.6 is 0 Å². The molecule has 118 valence electrons. The molecule has 0 spiro atoms. The molecule has 2 heterocycles. The van der Waals surface area contributed by atoms with Gasteiger partial charge in [-0.2, -0.15) is 0 Å². The fraction of sp³-hybridized carbons (Fsp3) is 0.667. The maximum absolute atomic E-state index is 11.7. The van der Waals surface area contributed by atoms with E-state index < -0.39 is 41.9 Å². The molecule has 0 saturated carbocycles. The van der Waals surface area contributed by atoms with E-state index in [1.807, 2.05) is 4.98 Å². The van der Waals surface area contributed by atoms with Crippen LogP contribution in [0, 0.1) is 0 Å². The summed E-state index contributed by atoms with van der Waals surface area (Å²) in [5.41, 5.74) is 2.67. The molecule has 0 bridgehead atoms. The molecule has 0 aromatic carbocycles. The van der Waals surface area contributed by atoms with Gasteiger partial charge in [0.15, 0.2) is 6.23 Å². The zero-order chi connectivity index (χ0) is 15.6. The van der Waals surface area contributed by atoms with Crippen LogP contribution in [0.15, 0.2) is 21.9 Å². The number of H-pyrrole nitrogens is 1. The van der Waals surface area contributed by atoms with Crippen molar-refractivity contribution < 1.29 is 20.1 Å². The number of aromatic amines is 1. The lowest BCUT2D eigenvalue weighted by atomic mass is 9.91. The molecule has 2 rings (SSSR count). The second kappa shape index (κ2) is 6.08. The summed E-state index contributed by atoms with van der Waals surface area (Å²) in [6, 6.07) is 1.10. The van der Waals surface area contributed by atoms with Gasteiger partial charge in [0.2, 0.25) is 0 Å². The van der Waals surface area contributed by atoms with E-state index in [0.29, 0.717) is 13.0 Å². The van der Waals surface area contributed by atoms with Crippen LogP contribution in [0.25, 0.3) is 0 Å².